The van der Waals surface area contributed by atoms with E-state index in [-0.39, 0.29) is 56.7 Å². The van der Waals surface area contributed by atoms with Crippen molar-refractivity contribution in [2.75, 3.05) is 90.9 Å². The van der Waals surface area contributed by atoms with Crippen molar-refractivity contribution in [3.05, 3.63) is 0 Å². The van der Waals surface area contributed by atoms with Gasteiger partial charge in [-0.25, -0.2) is 17.6 Å². The maximum atomic E-state index is 15.4. The van der Waals surface area contributed by atoms with Crippen LogP contribution in [-0.4, -0.2) is 171 Å². The third-order valence-corrected chi connectivity index (χ3v) is 19.4. The van der Waals surface area contributed by atoms with Crippen molar-refractivity contribution >= 4 is 32.3 Å². The highest BCUT2D eigenvalue weighted by atomic mass is 28.4. The molecule has 1 saturated carbocycles. The number of alkyl halides is 12. The molecule has 388 valence electrons. The Morgan fingerprint density at radius 1 is 0.569 bits per heavy atom. The molecule has 0 bridgehead atoms. The fraction of sp³-hybridized carbons (Fsp3) is 0.971. The third kappa shape index (κ3) is 19.2. The van der Waals surface area contributed by atoms with Crippen LogP contribution in [0.2, 0.25) is 18.1 Å². The van der Waals surface area contributed by atoms with Gasteiger partial charge in [-0.3, -0.25) is 4.79 Å². The van der Waals surface area contributed by atoms with E-state index >= 15 is 17.6 Å². The topological polar surface area (TPSA) is 149 Å². The molecule has 1 rings (SSSR count). The average Bonchev–Trinajstić information content (AvgIpc) is 3.23. The maximum Gasteiger partial charge on any atom is 0.500 e. The lowest BCUT2D eigenvalue weighted by Crippen LogP contribution is -2.62. The zero-order chi connectivity index (χ0) is 50.2. The van der Waals surface area contributed by atoms with Gasteiger partial charge in [0.1, 0.15) is 32.2 Å². The molecule has 0 aromatic rings. The predicted molar refractivity (Wildman–Crippen MR) is 209 cm³/mol. The van der Waals surface area contributed by atoms with Crippen molar-refractivity contribution in [2.24, 2.45) is 5.41 Å². The van der Waals surface area contributed by atoms with E-state index in [1.54, 1.807) is 0 Å². The van der Waals surface area contributed by atoms with Crippen LogP contribution in [0, 0.1) is 5.41 Å². The van der Waals surface area contributed by atoms with Gasteiger partial charge in [0.05, 0.1) is 0 Å². The highest BCUT2D eigenvalue weighted by Gasteiger charge is 2.65. The minimum absolute atomic E-state index is 0.164. The lowest BCUT2D eigenvalue weighted by molar-refractivity contribution is -0.400. The molecule has 1 N–H and O–H groups in total. The molecule has 0 aromatic heterocycles. The first-order valence-corrected chi connectivity index (χ1v) is 25.7. The lowest BCUT2D eigenvalue weighted by atomic mass is 9.75. The summed E-state index contributed by atoms with van der Waals surface area (Å²) >= 11 is 0. The van der Waals surface area contributed by atoms with Gasteiger partial charge in [0.2, 0.25) is 0 Å². The Morgan fingerprint density at radius 2 is 0.954 bits per heavy atom. The molecule has 0 radical (unpaired) electrons. The summed E-state index contributed by atoms with van der Waals surface area (Å²) in [6, 6.07) is 0.629. The first-order chi connectivity index (χ1) is 29.9. The number of carbonyl (C=O) groups is 1. The van der Waals surface area contributed by atoms with Crippen LogP contribution in [0.5, 0.6) is 0 Å². The van der Waals surface area contributed by atoms with Gasteiger partial charge in [-0.05, 0) is 43.9 Å². The molecule has 0 heterocycles. The van der Waals surface area contributed by atoms with Crippen molar-refractivity contribution in [1.82, 2.24) is 5.32 Å². The van der Waals surface area contributed by atoms with Crippen LogP contribution in [0.25, 0.3) is 0 Å². The summed E-state index contributed by atoms with van der Waals surface area (Å²) in [5.74, 6) is -16.4. The van der Waals surface area contributed by atoms with E-state index in [2.05, 4.69) is 18.9 Å². The number of hydrogen-bond donors (Lipinski definition) is 1. The molecule has 15 nitrogen and oxygen atoms in total. The van der Waals surface area contributed by atoms with Gasteiger partial charge >= 0.3 is 50.7 Å². The van der Waals surface area contributed by atoms with Crippen molar-refractivity contribution in [1.29, 1.82) is 0 Å². The first kappa shape index (κ1) is 61.8. The molecule has 0 saturated heterocycles. The smallest absolute Gasteiger partial charge is 0.377 e. The second kappa shape index (κ2) is 25.6. The molecule has 2 unspecified atom stereocenters. The third-order valence-electron chi connectivity index (χ3n) is 11.0. The standard InChI is InChI=1S/C35H63F12NO14Si3/c1-50-35(46,47)25-60-24-30(36,37)21-33(42,43)61-26-20-31(38,39)27(26)62-34(44,45)22-32(40,41)28(49)48-23-29(14-11-17-63(51-2,52-3)53-4,15-12-18-64(54-5,55-6)56-7)16-13-19-65(57-8,58-9)59-10/h26-27H,11-25H2,1-10H3,(H,48,49). The first-order valence-electron chi connectivity index (χ1n) is 19.9. The number of carbonyl (C=O) groups excluding carboxylic acids is 1. The molecular formula is C35H63F12NO14Si3. The summed E-state index contributed by atoms with van der Waals surface area (Å²) in [6.45, 7) is -4.40. The summed E-state index contributed by atoms with van der Waals surface area (Å²) in [5, 5.41) is 2.01. The molecule has 1 amide bonds. The second-order valence-corrected chi connectivity index (χ2v) is 24.6. The Hall–Kier alpha value is -1.24. The monoisotopic (exact) mass is 1030 g/mol. The fourth-order valence-corrected chi connectivity index (χ4v) is 12.3. The average molecular weight is 1030 g/mol. The number of nitrogens with one attached hydrogen (secondary N) is 1. The Kier molecular flexibility index (Phi) is 24.3. The number of methoxy groups -OCH3 is 1. The van der Waals surface area contributed by atoms with E-state index in [1.807, 2.05) is 5.32 Å². The zero-order valence-corrected chi connectivity index (χ0v) is 41.0. The molecule has 0 spiro atoms. The van der Waals surface area contributed by atoms with Gasteiger partial charge in [-0.2, -0.15) is 35.1 Å². The molecule has 65 heavy (non-hydrogen) atoms. The summed E-state index contributed by atoms with van der Waals surface area (Å²) in [7, 11) is 3.20. The van der Waals surface area contributed by atoms with Gasteiger partial charge in [0, 0.05) is 102 Å². The number of rotatable bonds is 37. The van der Waals surface area contributed by atoms with Crippen molar-refractivity contribution < 1.29 is 116 Å². The van der Waals surface area contributed by atoms with Crippen LogP contribution >= 0.6 is 0 Å². The van der Waals surface area contributed by atoms with E-state index in [0.29, 0.717) is 7.11 Å². The van der Waals surface area contributed by atoms with Crippen molar-refractivity contribution in [3.63, 3.8) is 0 Å². The Labute approximate surface area is 374 Å². The van der Waals surface area contributed by atoms with Gasteiger partial charge in [-0.1, -0.05) is 0 Å². The largest absolute Gasteiger partial charge is 0.500 e. The van der Waals surface area contributed by atoms with Gasteiger partial charge in [0.15, 0.2) is 6.10 Å². The Balaban J connectivity index is 3.36. The van der Waals surface area contributed by atoms with E-state index in [9.17, 15) is 39.9 Å². The summed E-state index contributed by atoms with van der Waals surface area (Å²) < 4.78 is 238. The molecule has 1 fully saturated rings. The van der Waals surface area contributed by atoms with Crippen molar-refractivity contribution in [2.45, 2.75) is 124 Å². The van der Waals surface area contributed by atoms with E-state index in [4.69, 9.17) is 39.8 Å². The van der Waals surface area contributed by atoms with Crippen LogP contribution in [0.4, 0.5) is 52.7 Å². The maximum absolute atomic E-state index is 15.4. The van der Waals surface area contributed by atoms with Gasteiger partial charge in [0.25, 0.3) is 17.8 Å². The minimum atomic E-state index is -5.33. The summed E-state index contributed by atoms with van der Waals surface area (Å²) in [6.07, 6.45) is -26.6. The van der Waals surface area contributed by atoms with Crippen LogP contribution in [-0.2, 0) is 63.6 Å². The second-order valence-electron chi connectivity index (χ2n) is 15.3. The highest BCUT2D eigenvalue weighted by molar-refractivity contribution is 6.61. The fourth-order valence-electron chi connectivity index (χ4n) is 7.17. The van der Waals surface area contributed by atoms with E-state index in [0.717, 1.165) is 0 Å². The SMILES string of the molecule is COC(F)(F)COCC(F)(F)CC(F)(F)OC1CC(F)(F)C1OC(F)(F)CC(F)(F)C(=O)NCC(CCC[Si](OC)(OC)OC)(CCC[Si](OC)(OC)OC)CCC[Si](OC)(OC)OC. The molecular weight excluding hydrogens is 971 g/mol. The van der Waals surface area contributed by atoms with Crippen LogP contribution in [0.3, 0.4) is 0 Å². The highest BCUT2D eigenvalue weighted by Crippen LogP contribution is 2.49. The van der Waals surface area contributed by atoms with Crippen molar-refractivity contribution in [3.8, 4) is 0 Å². The molecule has 0 aromatic carbocycles. The summed E-state index contributed by atoms with van der Waals surface area (Å²) in [5.41, 5.74) is -1.12. The van der Waals surface area contributed by atoms with Gasteiger partial charge in [-0.15, -0.1) is 0 Å². The molecule has 1 aliphatic carbocycles. The molecule has 0 aliphatic heterocycles. The number of hydrogen-bond acceptors (Lipinski definition) is 14. The van der Waals surface area contributed by atoms with Crippen LogP contribution in [0.15, 0.2) is 0 Å². The molecule has 30 heteroatoms. The lowest BCUT2D eigenvalue weighted by Gasteiger charge is -2.45. The number of amides is 1. The predicted octanol–water partition coefficient (Wildman–Crippen LogP) is 7.37. The number of ether oxygens (including phenoxy) is 4. The Bertz CT molecular complexity index is 1320. The number of halogens is 12. The summed E-state index contributed by atoms with van der Waals surface area (Å²) in [4.78, 5) is 13.1. The Morgan fingerprint density at radius 3 is 1.31 bits per heavy atom. The quantitative estimate of drug-likeness (QED) is 0.0488. The molecule has 2 atom stereocenters. The molecule has 1 aliphatic rings. The zero-order valence-electron chi connectivity index (χ0n) is 38.0. The van der Waals surface area contributed by atoms with Crippen LogP contribution < -0.4 is 5.32 Å². The minimum Gasteiger partial charge on any atom is -0.377 e. The van der Waals surface area contributed by atoms with Gasteiger partial charge < -0.3 is 64.1 Å². The van der Waals surface area contributed by atoms with E-state index < -0.39 is 125 Å². The normalized spacial score (nSPS) is 18.2. The van der Waals surface area contributed by atoms with E-state index in [1.165, 1.54) is 64.0 Å². The van der Waals surface area contributed by atoms with Crippen LogP contribution in [0.1, 0.15) is 57.8 Å².